The summed E-state index contributed by atoms with van der Waals surface area (Å²) in [6.07, 6.45) is 0.842. The summed E-state index contributed by atoms with van der Waals surface area (Å²) in [4.78, 5) is 4.57. The number of rotatable bonds is 5. The van der Waals surface area contributed by atoms with E-state index < -0.39 is 0 Å². The third-order valence-electron chi connectivity index (χ3n) is 2.44. The van der Waals surface area contributed by atoms with Gasteiger partial charge in [-0.2, -0.15) is 0 Å². The van der Waals surface area contributed by atoms with Crippen molar-refractivity contribution in [1.82, 2.24) is 4.98 Å². The lowest BCUT2D eigenvalue weighted by molar-refractivity contribution is 0.185. The van der Waals surface area contributed by atoms with E-state index in [0.29, 0.717) is 13.2 Å². The average molecular weight is 248 g/mol. The molecule has 2 rings (SSSR count). The van der Waals surface area contributed by atoms with Crippen molar-refractivity contribution in [3.8, 4) is 10.6 Å². The predicted molar refractivity (Wildman–Crippen MR) is 71.0 cm³/mol. The molecule has 0 aliphatic carbocycles. The van der Waals surface area contributed by atoms with Gasteiger partial charge in [0.15, 0.2) is 0 Å². The SMILES string of the molecule is COCc1cccc(-c2nc(CCN)cs2)c1. The van der Waals surface area contributed by atoms with Gasteiger partial charge in [0.2, 0.25) is 0 Å². The molecule has 0 aliphatic rings. The van der Waals surface area contributed by atoms with Crippen molar-refractivity contribution in [2.45, 2.75) is 13.0 Å². The molecule has 0 bridgehead atoms. The lowest BCUT2D eigenvalue weighted by atomic mass is 10.1. The van der Waals surface area contributed by atoms with E-state index in [9.17, 15) is 0 Å². The lowest BCUT2D eigenvalue weighted by Gasteiger charge is -2.01. The molecule has 1 aromatic carbocycles. The summed E-state index contributed by atoms with van der Waals surface area (Å²) in [5.41, 5.74) is 8.91. The van der Waals surface area contributed by atoms with Gasteiger partial charge < -0.3 is 10.5 Å². The van der Waals surface area contributed by atoms with E-state index >= 15 is 0 Å². The minimum Gasteiger partial charge on any atom is -0.380 e. The molecule has 2 aromatic rings. The maximum Gasteiger partial charge on any atom is 0.123 e. The molecule has 3 nitrogen and oxygen atoms in total. The van der Waals surface area contributed by atoms with Crippen molar-refractivity contribution in [1.29, 1.82) is 0 Å². The number of nitrogens with two attached hydrogens (primary N) is 1. The highest BCUT2D eigenvalue weighted by atomic mass is 32.1. The third kappa shape index (κ3) is 3.12. The number of hydrogen-bond donors (Lipinski definition) is 1. The van der Waals surface area contributed by atoms with Gasteiger partial charge in [0, 0.05) is 24.5 Å². The second-order valence-electron chi connectivity index (χ2n) is 3.82. The van der Waals surface area contributed by atoms with Crippen LogP contribution in [0.4, 0.5) is 0 Å². The van der Waals surface area contributed by atoms with Crippen LogP contribution in [0.5, 0.6) is 0 Å². The molecular weight excluding hydrogens is 232 g/mol. The molecule has 0 radical (unpaired) electrons. The summed E-state index contributed by atoms with van der Waals surface area (Å²) < 4.78 is 5.13. The van der Waals surface area contributed by atoms with Crippen molar-refractivity contribution in [3.05, 3.63) is 40.9 Å². The molecule has 0 spiro atoms. The Hall–Kier alpha value is -1.23. The van der Waals surface area contributed by atoms with Crippen LogP contribution in [0.3, 0.4) is 0 Å². The van der Waals surface area contributed by atoms with E-state index in [1.165, 1.54) is 5.56 Å². The molecule has 1 aromatic heterocycles. The Morgan fingerprint density at radius 1 is 1.41 bits per heavy atom. The van der Waals surface area contributed by atoms with Crippen LogP contribution in [0, 0.1) is 0 Å². The van der Waals surface area contributed by atoms with Gasteiger partial charge >= 0.3 is 0 Å². The van der Waals surface area contributed by atoms with Crippen LogP contribution in [0.2, 0.25) is 0 Å². The fourth-order valence-electron chi connectivity index (χ4n) is 1.66. The van der Waals surface area contributed by atoms with Crippen LogP contribution < -0.4 is 5.73 Å². The molecule has 0 saturated carbocycles. The fourth-order valence-corrected chi connectivity index (χ4v) is 2.51. The Labute approximate surface area is 105 Å². The zero-order valence-electron chi connectivity index (χ0n) is 9.85. The predicted octanol–water partition coefficient (Wildman–Crippen LogP) is 2.46. The van der Waals surface area contributed by atoms with E-state index in [0.717, 1.165) is 22.7 Å². The number of aromatic nitrogens is 1. The number of nitrogens with zero attached hydrogens (tertiary/aromatic N) is 1. The van der Waals surface area contributed by atoms with Crippen LogP contribution in [-0.4, -0.2) is 18.6 Å². The van der Waals surface area contributed by atoms with E-state index in [2.05, 4.69) is 28.6 Å². The number of hydrogen-bond acceptors (Lipinski definition) is 4. The second-order valence-corrected chi connectivity index (χ2v) is 4.67. The summed E-state index contributed by atoms with van der Waals surface area (Å²) in [6, 6.07) is 8.29. The fraction of sp³-hybridized carbons (Fsp3) is 0.308. The van der Waals surface area contributed by atoms with Crippen LogP contribution in [-0.2, 0) is 17.8 Å². The monoisotopic (exact) mass is 248 g/mol. The van der Waals surface area contributed by atoms with Crippen molar-refractivity contribution in [2.24, 2.45) is 5.73 Å². The Morgan fingerprint density at radius 2 is 2.29 bits per heavy atom. The molecular formula is C13H16N2OS. The quantitative estimate of drug-likeness (QED) is 0.884. The van der Waals surface area contributed by atoms with Gasteiger partial charge in [-0.15, -0.1) is 11.3 Å². The second kappa shape index (κ2) is 5.91. The molecule has 0 unspecified atom stereocenters. The van der Waals surface area contributed by atoms with Crippen LogP contribution >= 0.6 is 11.3 Å². The smallest absolute Gasteiger partial charge is 0.123 e. The highest BCUT2D eigenvalue weighted by Crippen LogP contribution is 2.24. The topological polar surface area (TPSA) is 48.1 Å². The van der Waals surface area contributed by atoms with Gasteiger partial charge in [-0.25, -0.2) is 4.98 Å². The highest BCUT2D eigenvalue weighted by Gasteiger charge is 2.05. The number of thiazole rings is 1. The zero-order chi connectivity index (χ0) is 12.1. The Balaban J connectivity index is 2.22. The maximum absolute atomic E-state index is 5.52. The largest absolute Gasteiger partial charge is 0.380 e. The molecule has 2 N–H and O–H groups in total. The van der Waals surface area contributed by atoms with Crippen LogP contribution in [0.25, 0.3) is 10.6 Å². The number of methoxy groups -OCH3 is 1. The minimum atomic E-state index is 0.634. The summed E-state index contributed by atoms with van der Waals surface area (Å²) in [5, 5.41) is 3.12. The van der Waals surface area contributed by atoms with Gasteiger partial charge in [0.1, 0.15) is 5.01 Å². The Kier molecular flexibility index (Phi) is 4.25. The molecule has 0 atom stereocenters. The van der Waals surface area contributed by atoms with Crippen molar-refractivity contribution in [2.75, 3.05) is 13.7 Å². The standard InChI is InChI=1S/C13H16N2OS/c1-16-8-10-3-2-4-11(7-10)13-15-12(5-6-14)9-17-13/h2-4,7,9H,5-6,8,14H2,1H3. The van der Waals surface area contributed by atoms with Crippen LogP contribution in [0.1, 0.15) is 11.3 Å². The molecule has 0 fully saturated rings. The number of benzene rings is 1. The first-order valence-corrected chi connectivity index (χ1v) is 6.44. The summed E-state index contributed by atoms with van der Waals surface area (Å²) in [5.74, 6) is 0. The van der Waals surface area contributed by atoms with Crippen molar-refractivity contribution >= 4 is 11.3 Å². The molecule has 4 heteroatoms. The van der Waals surface area contributed by atoms with E-state index in [1.807, 2.05) is 6.07 Å². The summed E-state index contributed by atoms with van der Waals surface area (Å²) in [7, 11) is 1.70. The number of ether oxygens (including phenoxy) is 1. The summed E-state index contributed by atoms with van der Waals surface area (Å²) >= 11 is 1.66. The molecule has 0 aliphatic heterocycles. The lowest BCUT2D eigenvalue weighted by Crippen LogP contribution is -2.02. The van der Waals surface area contributed by atoms with E-state index in [-0.39, 0.29) is 0 Å². The first-order valence-electron chi connectivity index (χ1n) is 5.56. The van der Waals surface area contributed by atoms with Crippen LogP contribution in [0.15, 0.2) is 29.6 Å². The van der Waals surface area contributed by atoms with Gasteiger partial charge in [0.05, 0.1) is 12.3 Å². The normalized spacial score (nSPS) is 10.7. The maximum atomic E-state index is 5.52. The third-order valence-corrected chi connectivity index (χ3v) is 3.38. The highest BCUT2D eigenvalue weighted by molar-refractivity contribution is 7.13. The zero-order valence-corrected chi connectivity index (χ0v) is 10.7. The molecule has 17 heavy (non-hydrogen) atoms. The van der Waals surface area contributed by atoms with Crippen molar-refractivity contribution < 1.29 is 4.74 Å². The van der Waals surface area contributed by atoms with Gasteiger partial charge in [-0.3, -0.25) is 0 Å². The first-order chi connectivity index (χ1) is 8.33. The molecule has 1 heterocycles. The minimum absolute atomic E-state index is 0.634. The Morgan fingerprint density at radius 3 is 3.06 bits per heavy atom. The van der Waals surface area contributed by atoms with Gasteiger partial charge in [0.25, 0.3) is 0 Å². The summed E-state index contributed by atoms with van der Waals surface area (Å²) in [6.45, 7) is 1.28. The van der Waals surface area contributed by atoms with E-state index in [1.54, 1.807) is 18.4 Å². The molecule has 0 saturated heterocycles. The van der Waals surface area contributed by atoms with Gasteiger partial charge in [-0.05, 0) is 18.2 Å². The molecule has 0 amide bonds. The van der Waals surface area contributed by atoms with Gasteiger partial charge in [-0.1, -0.05) is 18.2 Å². The van der Waals surface area contributed by atoms with Crippen molar-refractivity contribution in [3.63, 3.8) is 0 Å². The average Bonchev–Trinajstić information content (AvgIpc) is 2.79. The van der Waals surface area contributed by atoms with E-state index in [4.69, 9.17) is 10.5 Å². The Bertz CT molecular complexity index is 482. The molecule has 90 valence electrons. The first kappa shape index (κ1) is 12.2.